The van der Waals surface area contributed by atoms with E-state index in [4.69, 9.17) is 21.1 Å². The number of aryl methyl sites for hydroxylation is 1. The molecule has 2 rings (SSSR count). The minimum Gasteiger partial charge on any atom is -0.496 e. The summed E-state index contributed by atoms with van der Waals surface area (Å²) in [5, 5.41) is 3.18. The maximum Gasteiger partial charge on any atom is 0.342 e. The quantitative estimate of drug-likeness (QED) is 0.851. The molecule has 0 heterocycles. The Balaban J connectivity index is 1.95. The van der Waals surface area contributed by atoms with Crippen molar-refractivity contribution in [3.63, 3.8) is 0 Å². The molecule has 1 amide bonds. The number of amides is 1. The van der Waals surface area contributed by atoms with Gasteiger partial charge in [-0.15, -0.1) is 0 Å². The maximum atomic E-state index is 12.1. The van der Waals surface area contributed by atoms with Gasteiger partial charge in [-0.25, -0.2) is 4.79 Å². The molecule has 23 heavy (non-hydrogen) atoms. The molecule has 0 unspecified atom stereocenters. The largest absolute Gasteiger partial charge is 0.496 e. The fourth-order valence-corrected chi connectivity index (χ4v) is 2.05. The molecule has 5 nitrogen and oxygen atoms in total. The summed E-state index contributed by atoms with van der Waals surface area (Å²) in [6.07, 6.45) is 0. The zero-order valence-electron chi connectivity index (χ0n) is 12.8. The molecule has 0 aliphatic rings. The average Bonchev–Trinajstić information content (AvgIpc) is 2.54. The number of hydrogen-bond acceptors (Lipinski definition) is 4. The predicted molar refractivity (Wildman–Crippen MR) is 88.1 cm³/mol. The van der Waals surface area contributed by atoms with E-state index in [1.54, 1.807) is 36.4 Å². The molecule has 0 atom stereocenters. The molecule has 0 saturated carbocycles. The van der Waals surface area contributed by atoms with Crippen molar-refractivity contribution in [2.75, 3.05) is 19.0 Å². The van der Waals surface area contributed by atoms with Crippen LogP contribution >= 0.6 is 11.6 Å². The molecule has 0 aromatic heterocycles. The van der Waals surface area contributed by atoms with E-state index in [0.717, 1.165) is 5.56 Å². The van der Waals surface area contributed by atoms with Crippen LogP contribution in [0.5, 0.6) is 5.75 Å². The molecule has 120 valence electrons. The summed E-state index contributed by atoms with van der Waals surface area (Å²) in [6, 6.07) is 11.8. The van der Waals surface area contributed by atoms with Gasteiger partial charge in [0, 0.05) is 10.7 Å². The van der Waals surface area contributed by atoms with E-state index in [1.165, 1.54) is 7.11 Å². The smallest absolute Gasteiger partial charge is 0.342 e. The van der Waals surface area contributed by atoms with E-state index in [2.05, 4.69) is 5.32 Å². The van der Waals surface area contributed by atoms with Crippen LogP contribution in [0.3, 0.4) is 0 Å². The first-order chi connectivity index (χ1) is 11.0. The van der Waals surface area contributed by atoms with Crippen LogP contribution in [-0.4, -0.2) is 25.6 Å². The summed E-state index contributed by atoms with van der Waals surface area (Å²) >= 11 is 5.77. The van der Waals surface area contributed by atoms with Crippen LogP contribution in [0.25, 0.3) is 0 Å². The lowest BCUT2D eigenvalue weighted by molar-refractivity contribution is -0.119. The van der Waals surface area contributed by atoms with Crippen LogP contribution in [0, 0.1) is 6.92 Å². The third-order valence-electron chi connectivity index (χ3n) is 3.04. The summed E-state index contributed by atoms with van der Waals surface area (Å²) in [5.74, 6) is -0.650. The Labute approximate surface area is 139 Å². The zero-order valence-corrected chi connectivity index (χ0v) is 13.5. The SMILES string of the molecule is COc1ccc(C)cc1C(=O)OCC(=O)Nc1ccc(Cl)cc1. The molecule has 2 aromatic carbocycles. The summed E-state index contributed by atoms with van der Waals surface area (Å²) in [4.78, 5) is 23.9. The molecule has 0 radical (unpaired) electrons. The standard InChI is InChI=1S/C17H16ClNO4/c1-11-3-8-15(22-2)14(9-11)17(21)23-10-16(20)19-13-6-4-12(18)5-7-13/h3-9H,10H2,1-2H3,(H,19,20). The van der Waals surface area contributed by atoms with Crippen molar-refractivity contribution < 1.29 is 19.1 Å². The molecule has 0 spiro atoms. The van der Waals surface area contributed by atoms with Gasteiger partial charge in [-0.2, -0.15) is 0 Å². The van der Waals surface area contributed by atoms with E-state index in [9.17, 15) is 9.59 Å². The predicted octanol–water partition coefficient (Wildman–Crippen LogP) is 3.45. The first kappa shape index (κ1) is 16.8. The van der Waals surface area contributed by atoms with E-state index in [1.807, 2.05) is 13.0 Å². The van der Waals surface area contributed by atoms with Crippen molar-refractivity contribution in [2.45, 2.75) is 6.92 Å². The molecule has 6 heteroatoms. The van der Waals surface area contributed by atoms with Crippen LogP contribution in [0.2, 0.25) is 5.02 Å². The van der Waals surface area contributed by atoms with Crippen LogP contribution in [0.1, 0.15) is 15.9 Å². The lowest BCUT2D eigenvalue weighted by atomic mass is 10.1. The number of rotatable bonds is 5. The van der Waals surface area contributed by atoms with Crippen LogP contribution in [-0.2, 0) is 9.53 Å². The Kier molecular flexibility index (Phi) is 5.60. The topological polar surface area (TPSA) is 64.6 Å². The number of hydrogen-bond donors (Lipinski definition) is 1. The number of methoxy groups -OCH3 is 1. The molecule has 2 aromatic rings. The molecule has 0 aliphatic carbocycles. The summed E-state index contributed by atoms with van der Waals surface area (Å²) in [6.45, 7) is 1.46. The van der Waals surface area contributed by atoms with Crippen molar-refractivity contribution in [1.29, 1.82) is 0 Å². The maximum absolute atomic E-state index is 12.1. The molecule has 0 bridgehead atoms. The summed E-state index contributed by atoms with van der Waals surface area (Å²) < 4.78 is 10.1. The number of ether oxygens (including phenoxy) is 2. The van der Waals surface area contributed by atoms with Gasteiger partial charge in [-0.05, 0) is 43.3 Å². The number of halogens is 1. The van der Waals surface area contributed by atoms with Crippen molar-refractivity contribution in [3.05, 3.63) is 58.6 Å². The first-order valence-corrected chi connectivity index (χ1v) is 7.24. The Morgan fingerprint density at radius 3 is 2.48 bits per heavy atom. The van der Waals surface area contributed by atoms with Gasteiger partial charge in [-0.3, -0.25) is 4.79 Å². The summed E-state index contributed by atoms with van der Waals surface area (Å²) in [7, 11) is 1.47. The number of carbonyl (C=O) groups is 2. The second kappa shape index (κ2) is 7.65. The molecule has 0 fully saturated rings. The van der Waals surface area contributed by atoms with E-state index >= 15 is 0 Å². The highest BCUT2D eigenvalue weighted by Crippen LogP contribution is 2.20. The van der Waals surface area contributed by atoms with E-state index in [-0.39, 0.29) is 5.56 Å². The second-order valence-corrected chi connectivity index (χ2v) is 5.27. The van der Waals surface area contributed by atoms with Gasteiger partial charge in [0.15, 0.2) is 6.61 Å². The fourth-order valence-electron chi connectivity index (χ4n) is 1.92. The number of anilines is 1. The monoisotopic (exact) mass is 333 g/mol. The van der Waals surface area contributed by atoms with Gasteiger partial charge in [0.25, 0.3) is 5.91 Å². The molecule has 0 aliphatic heterocycles. The minimum atomic E-state index is -0.614. The van der Waals surface area contributed by atoms with Crippen molar-refractivity contribution >= 4 is 29.2 Å². The number of benzene rings is 2. The second-order valence-electron chi connectivity index (χ2n) is 4.83. The summed E-state index contributed by atoms with van der Waals surface area (Å²) in [5.41, 5.74) is 1.75. The highest BCUT2D eigenvalue weighted by molar-refractivity contribution is 6.30. The Morgan fingerprint density at radius 2 is 1.83 bits per heavy atom. The van der Waals surface area contributed by atoms with Crippen molar-refractivity contribution in [1.82, 2.24) is 0 Å². The van der Waals surface area contributed by atoms with Crippen molar-refractivity contribution in [3.8, 4) is 5.75 Å². The van der Waals surface area contributed by atoms with Crippen LogP contribution in [0.4, 0.5) is 5.69 Å². The normalized spacial score (nSPS) is 10.0. The van der Waals surface area contributed by atoms with Gasteiger partial charge in [0.05, 0.1) is 7.11 Å². The van der Waals surface area contributed by atoms with Crippen LogP contribution in [0.15, 0.2) is 42.5 Å². The highest BCUT2D eigenvalue weighted by atomic mass is 35.5. The van der Waals surface area contributed by atoms with Crippen molar-refractivity contribution in [2.24, 2.45) is 0 Å². The van der Waals surface area contributed by atoms with Gasteiger partial charge < -0.3 is 14.8 Å². The van der Waals surface area contributed by atoms with E-state index < -0.39 is 18.5 Å². The third-order valence-corrected chi connectivity index (χ3v) is 3.29. The van der Waals surface area contributed by atoms with Gasteiger partial charge in [0.2, 0.25) is 0 Å². The number of nitrogens with one attached hydrogen (secondary N) is 1. The lowest BCUT2D eigenvalue weighted by Gasteiger charge is -2.10. The van der Waals surface area contributed by atoms with Gasteiger partial charge >= 0.3 is 5.97 Å². The Morgan fingerprint density at radius 1 is 1.13 bits per heavy atom. The Hall–Kier alpha value is -2.53. The van der Waals surface area contributed by atoms with E-state index in [0.29, 0.717) is 16.5 Å². The number of carbonyl (C=O) groups excluding carboxylic acids is 2. The molecular weight excluding hydrogens is 318 g/mol. The van der Waals surface area contributed by atoms with Crippen LogP contribution < -0.4 is 10.1 Å². The fraction of sp³-hybridized carbons (Fsp3) is 0.176. The average molecular weight is 334 g/mol. The minimum absolute atomic E-state index is 0.284. The Bertz CT molecular complexity index is 713. The highest BCUT2D eigenvalue weighted by Gasteiger charge is 2.15. The lowest BCUT2D eigenvalue weighted by Crippen LogP contribution is -2.21. The van der Waals surface area contributed by atoms with Gasteiger partial charge in [-0.1, -0.05) is 23.2 Å². The molecular formula is C17H16ClNO4. The zero-order chi connectivity index (χ0) is 16.8. The number of esters is 1. The van der Waals surface area contributed by atoms with Gasteiger partial charge in [0.1, 0.15) is 11.3 Å². The molecule has 0 saturated heterocycles. The molecule has 1 N–H and O–H groups in total. The first-order valence-electron chi connectivity index (χ1n) is 6.87. The third kappa shape index (κ3) is 4.72.